The highest BCUT2D eigenvalue weighted by atomic mass is 32.2. The molecule has 2 unspecified atom stereocenters. The molecule has 0 aliphatic rings. The van der Waals surface area contributed by atoms with E-state index in [-0.39, 0.29) is 12.1 Å². The molecule has 12 heteroatoms. The van der Waals surface area contributed by atoms with Gasteiger partial charge in [0.2, 0.25) is 10.0 Å². The highest BCUT2D eigenvalue weighted by molar-refractivity contribution is 7.88. The lowest BCUT2D eigenvalue weighted by Gasteiger charge is -2.22. The SMILES string of the molecule is CS(=O)(=O)NCc1nc2cc(-c3ccc(C(O)C(CF)NC(=O)C(F)F)cc3)ccc2s1. The van der Waals surface area contributed by atoms with Crippen molar-refractivity contribution in [3.05, 3.63) is 53.0 Å². The van der Waals surface area contributed by atoms with Gasteiger partial charge in [0, 0.05) is 0 Å². The van der Waals surface area contributed by atoms with Crippen LogP contribution in [0.4, 0.5) is 13.2 Å². The van der Waals surface area contributed by atoms with Crippen molar-refractivity contribution in [3.63, 3.8) is 0 Å². The number of rotatable bonds is 9. The third-order valence-corrected chi connectivity index (χ3v) is 6.28. The molecule has 0 saturated carbocycles. The second-order valence-electron chi connectivity index (χ2n) is 7.02. The Balaban J connectivity index is 1.76. The maximum Gasteiger partial charge on any atom is 0.315 e. The molecular formula is C20H20F3N3O4S2. The Hall–Kier alpha value is -2.54. The van der Waals surface area contributed by atoms with Gasteiger partial charge in [0.1, 0.15) is 17.8 Å². The molecule has 0 fully saturated rings. The quantitative estimate of drug-likeness (QED) is 0.430. The second-order valence-corrected chi connectivity index (χ2v) is 9.97. The number of thiazole rings is 1. The number of amides is 1. The minimum Gasteiger partial charge on any atom is -0.386 e. The monoisotopic (exact) mass is 487 g/mol. The summed E-state index contributed by atoms with van der Waals surface area (Å²) in [6.07, 6.45) is -3.73. The molecule has 0 bridgehead atoms. The highest BCUT2D eigenvalue weighted by Crippen LogP contribution is 2.29. The Kier molecular flexibility index (Phi) is 7.49. The number of aliphatic hydroxyl groups excluding tert-OH is 1. The number of carbonyl (C=O) groups is 1. The van der Waals surface area contributed by atoms with Crippen LogP contribution >= 0.6 is 11.3 Å². The van der Waals surface area contributed by atoms with Gasteiger partial charge in [0.05, 0.1) is 29.1 Å². The van der Waals surface area contributed by atoms with Crippen LogP contribution in [-0.2, 0) is 21.4 Å². The highest BCUT2D eigenvalue weighted by Gasteiger charge is 2.26. The van der Waals surface area contributed by atoms with E-state index in [1.54, 1.807) is 17.4 Å². The van der Waals surface area contributed by atoms with Crippen LogP contribution in [-0.4, -0.2) is 49.8 Å². The van der Waals surface area contributed by atoms with E-state index in [9.17, 15) is 31.5 Å². The zero-order valence-electron chi connectivity index (χ0n) is 16.8. The zero-order chi connectivity index (χ0) is 23.5. The summed E-state index contributed by atoms with van der Waals surface area (Å²) < 4.78 is 63.7. The molecule has 3 N–H and O–H groups in total. The third-order valence-electron chi connectivity index (χ3n) is 4.58. The number of aliphatic hydroxyl groups is 1. The largest absolute Gasteiger partial charge is 0.386 e. The Morgan fingerprint density at radius 1 is 1.16 bits per heavy atom. The Bertz CT molecular complexity index is 1200. The number of aromatic nitrogens is 1. The number of alkyl halides is 3. The molecule has 2 atom stereocenters. The van der Waals surface area contributed by atoms with Crippen molar-refractivity contribution < 1.29 is 31.5 Å². The number of fused-ring (bicyclic) bond motifs is 1. The van der Waals surface area contributed by atoms with Gasteiger partial charge >= 0.3 is 6.43 Å². The van der Waals surface area contributed by atoms with Crippen LogP contribution in [0.25, 0.3) is 21.3 Å². The van der Waals surface area contributed by atoms with Gasteiger partial charge in [0.25, 0.3) is 5.91 Å². The lowest BCUT2D eigenvalue weighted by Crippen LogP contribution is -2.43. The first kappa shape index (κ1) is 24.1. The fourth-order valence-electron chi connectivity index (χ4n) is 2.98. The van der Waals surface area contributed by atoms with Crippen LogP contribution in [0.2, 0.25) is 0 Å². The van der Waals surface area contributed by atoms with Crippen LogP contribution in [0.3, 0.4) is 0 Å². The van der Waals surface area contributed by atoms with Gasteiger partial charge in [-0.25, -0.2) is 22.5 Å². The molecule has 3 aromatic rings. The molecular weight excluding hydrogens is 467 g/mol. The van der Waals surface area contributed by atoms with Gasteiger partial charge in [-0.2, -0.15) is 8.78 Å². The van der Waals surface area contributed by atoms with Crippen molar-refractivity contribution in [3.8, 4) is 11.1 Å². The van der Waals surface area contributed by atoms with E-state index in [2.05, 4.69) is 9.71 Å². The number of benzene rings is 2. The molecule has 7 nitrogen and oxygen atoms in total. The maximum atomic E-state index is 13.2. The van der Waals surface area contributed by atoms with Crippen molar-refractivity contribution in [1.29, 1.82) is 0 Å². The van der Waals surface area contributed by atoms with Gasteiger partial charge in [-0.15, -0.1) is 11.3 Å². The zero-order valence-corrected chi connectivity index (χ0v) is 18.4. The summed E-state index contributed by atoms with van der Waals surface area (Å²) in [5.74, 6) is -1.65. The summed E-state index contributed by atoms with van der Waals surface area (Å²) in [7, 11) is -3.33. The van der Waals surface area contributed by atoms with Crippen molar-refractivity contribution in [2.45, 2.75) is 25.1 Å². The molecule has 172 valence electrons. The summed E-state index contributed by atoms with van der Waals surface area (Å²) in [6.45, 7) is -1.11. The van der Waals surface area contributed by atoms with E-state index in [4.69, 9.17) is 0 Å². The van der Waals surface area contributed by atoms with Crippen LogP contribution in [0, 0.1) is 0 Å². The molecule has 0 aliphatic heterocycles. The molecule has 0 spiro atoms. The number of nitrogens with one attached hydrogen (secondary N) is 2. The first-order valence-corrected chi connectivity index (χ1v) is 12.0. The van der Waals surface area contributed by atoms with Gasteiger partial charge in [-0.1, -0.05) is 30.3 Å². The molecule has 32 heavy (non-hydrogen) atoms. The van der Waals surface area contributed by atoms with Crippen molar-refractivity contribution >= 4 is 37.5 Å². The lowest BCUT2D eigenvalue weighted by molar-refractivity contribution is -0.133. The molecule has 0 aliphatic carbocycles. The Labute approximate surface area is 186 Å². The first-order chi connectivity index (χ1) is 15.1. The predicted octanol–water partition coefficient (Wildman–Crippen LogP) is 2.77. The average Bonchev–Trinajstić information content (AvgIpc) is 3.17. The fraction of sp³-hybridized carbons (Fsp3) is 0.300. The normalized spacial score (nSPS) is 13.9. The lowest BCUT2D eigenvalue weighted by atomic mass is 9.98. The standard InChI is InChI=1S/C20H20F3N3O4S2/c1-32(29,30)24-10-17-25-14-8-13(6-7-16(14)31-17)11-2-4-12(5-3-11)18(27)15(9-21)26-20(28)19(22)23/h2-8,15,18-19,24,27H,9-10H2,1H3,(H,26,28). The van der Waals surface area contributed by atoms with Gasteiger partial charge in [0.15, 0.2) is 0 Å². The number of sulfonamides is 1. The maximum absolute atomic E-state index is 13.2. The molecule has 1 amide bonds. The molecule has 1 heterocycles. The van der Waals surface area contributed by atoms with Crippen LogP contribution < -0.4 is 10.0 Å². The van der Waals surface area contributed by atoms with E-state index in [1.165, 1.54) is 23.5 Å². The number of hydrogen-bond donors (Lipinski definition) is 3. The number of halogens is 3. The number of carbonyl (C=O) groups excluding carboxylic acids is 1. The molecule has 1 aromatic heterocycles. The average molecular weight is 488 g/mol. The third kappa shape index (κ3) is 6.03. The van der Waals surface area contributed by atoms with Crippen LogP contribution in [0.1, 0.15) is 16.7 Å². The fourth-order valence-corrected chi connectivity index (χ4v) is 4.35. The van der Waals surface area contributed by atoms with Crippen LogP contribution in [0.5, 0.6) is 0 Å². The smallest absolute Gasteiger partial charge is 0.315 e. The van der Waals surface area contributed by atoms with E-state index in [1.807, 2.05) is 18.2 Å². The van der Waals surface area contributed by atoms with Gasteiger partial charge in [-0.3, -0.25) is 4.79 Å². The summed E-state index contributed by atoms with van der Waals surface area (Å²) in [5.41, 5.74) is 2.52. The molecule has 3 rings (SSSR count). The predicted molar refractivity (Wildman–Crippen MR) is 116 cm³/mol. The minimum atomic E-state index is -3.33. The van der Waals surface area contributed by atoms with Crippen LogP contribution in [0.15, 0.2) is 42.5 Å². The molecule has 0 radical (unpaired) electrons. The van der Waals surface area contributed by atoms with E-state index in [0.717, 1.165) is 22.1 Å². The van der Waals surface area contributed by atoms with E-state index < -0.39 is 41.2 Å². The molecule has 2 aromatic carbocycles. The first-order valence-electron chi connectivity index (χ1n) is 9.34. The Morgan fingerprint density at radius 3 is 2.41 bits per heavy atom. The van der Waals surface area contributed by atoms with Crippen molar-refractivity contribution in [1.82, 2.24) is 15.0 Å². The van der Waals surface area contributed by atoms with Crippen molar-refractivity contribution in [2.24, 2.45) is 0 Å². The topological polar surface area (TPSA) is 108 Å². The van der Waals surface area contributed by atoms with Crippen molar-refractivity contribution in [2.75, 3.05) is 12.9 Å². The number of hydrogen-bond acceptors (Lipinski definition) is 6. The molecule has 0 saturated heterocycles. The summed E-state index contributed by atoms with van der Waals surface area (Å²) in [4.78, 5) is 15.5. The summed E-state index contributed by atoms with van der Waals surface area (Å²) in [5, 5.41) is 12.7. The Morgan fingerprint density at radius 2 is 1.81 bits per heavy atom. The van der Waals surface area contributed by atoms with Gasteiger partial charge in [-0.05, 0) is 28.8 Å². The van der Waals surface area contributed by atoms with E-state index >= 15 is 0 Å². The minimum absolute atomic E-state index is 0.0952. The second kappa shape index (κ2) is 9.94. The van der Waals surface area contributed by atoms with E-state index in [0.29, 0.717) is 10.5 Å². The summed E-state index contributed by atoms with van der Waals surface area (Å²) in [6, 6.07) is 10.4. The number of nitrogens with zero attached hydrogens (tertiary/aromatic N) is 1. The summed E-state index contributed by atoms with van der Waals surface area (Å²) >= 11 is 1.37. The van der Waals surface area contributed by atoms with Gasteiger partial charge < -0.3 is 10.4 Å².